The van der Waals surface area contributed by atoms with Gasteiger partial charge in [0, 0.05) is 6.07 Å². The first-order valence-electron chi connectivity index (χ1n) is 8.02. The van der Waals surface area contributed by atoms with E-state index in [1.165, 1.54) is 0 Å². The average Bonchev–Trinajstić information content (AvgIpc) is 3.32. The second-order valence-electron chi connectivity index (χ2n) is 5.75. The van der Waals surface area contributed by atoms with Crippen LogP contribution in [0.3, 0.4) is 0 Å². The van der Waals surface area contributed by atoms with Crippen molar-refractivity contribution in [1.82, 2.24) is 10.5 Å². The van der Waals surface area contributed by atoms with Gasteiger partial charge in [0.2, 0.25) is 5.91 Å². The first-order chi connectivity index (χ1) is 12.3. The van der Waals surface area contributed by atoms with Crippen LogP contribution in [0, 0.1) is 0 Å². The molecule has 2 aromatic carbocycles. The quantitative estimate of drug-likeness (QED) is 0.581. The lowest BCUT2D eigenvalue weighted by atomic mass is 10.0. The molecule has 25 heavy (non-hydrogen) atoms. The Balaban J connectivity index is 1.41. The number of nitrogens with one attached hydrogen (secondary N) is 1. The number of thiophene rings is 1. The van der Waals surface area contributed by atoms with Crippen molar-refractivity contribution in [1.29, 1.82) is 0 Å². The highest BCUT2D eigenvalue weighted by Crippen LogP contribution is 2.25. The summed E-state index contributed by atoms with van der Waals surface area (Å²) in [5.41, 5.74) is 1.74. The van der Waals surface area contributed by atoms with Gasteiger partial charge in [0.25, 0.3) is 0 Å². The fourth-order valence-corrected chi connectivity index (χ4v) is 3.47. The highest BCUT2D eigenvalue weighted by Gasteiger charge is 2.10. The lowest BCUT2D eigenvalue weighted by molar-refractivity contribution is -0.120. The number of fused-ring (bicyclic) bond motifs is 1. The molecule has 5 heteroatoms. The number of hydrogen-bond acceptors (Lipinski definition) is 4. The Labute approximate surface area is 149 Å². The molecule has 124 valence electrons. The van der Waals surface area contributed by atoms with Crippen LogP contribution in [-0.2, 0) is 17.8 Å². The molecule has 0 aliphatic carbocycles. The van der Waals surface area contributed by atoms with Gasteiger partial charge in [-0.15, -0.1) is 11.3 Å². The van der Waals surface area contributed by atoms with Crippen LogP contribution in [0.5, 0.6) is 0 Å². The number of nitrogens with zero attached hydrogens (tertiary/aromatic N) is 1. The van der Waals surface area contributed by atoms with Gasteiger partial charge < -0.3 is 9.84 Å². The van der Waals surface area contributed by atoms with E-state index in [2.05, 4.69) is 22.6 Å². The number of amides is 1. The third kappa shape index (κ3) is 3.46. The Kier molecular flexibility index (Phi) is 4.31. The molecule has 0 aliphatic heterocycles. The molecule has 2 heterocycles. The van der Waals surface area contributed by atoms with Crippen LogP contribution < -0.4 is 5.32 Å². The number of carbonyl (C=O) groups excluding carboxylic acids is 1. The van der Waals surface area contributed by atoms with E-state index < -0.39 is 0 Å². The molecule has 0 saturated carbocycles. The van der Waals surface area contributed by atoms with Crippen molar-refractivity contribution in [3.8, 4) is 10.6 Å². The maximum atomic E-state index is 12.3. The molecule has 0 unspecified atom stereocenters. The fraction of sp³-hybridized carbons (Fsp3) is 0.100. The number of aromatic nitrogens is 1. The third-order valence-corrected chi connectivity index (χ3v) is 4.91. The zero-order chi connectivity index (χ0) is 17.1. The molecule has 0 radical (unpaired) electrons. The van der Waals surface area contributed by atoms with Gasteiger partial charge in [-0.05, 0) is 27.8 Å². The topological polar surface area (TPSA) is 55.1 Å². The number of hydrogen-bond donors (Lipinski definition) is 1. The van der Waals surface area contributed by atoms with E-state index in [9.17, 15) is 4.79 Å². The van der Waals surface area contributed by atoms with E-state index in [4.69, 9.17) is 4.52 Å². The first-order valence-corrected chi connectivity index (χ1v) is 8.90. The Bertz CT molecular complexity index is 1000. The van der Waals surface area contributed by atoms with Gasteiger partial charge in [-0.2, -0.15) is 0 Å². The third-order valence-electron chi connectivity index (χ3n) is 4.02. The summed E-state index contributed by atoms with van der Waals surface area (Å²) in [6.07, 6.45) is 0.344. The molecule has 4 rings (SSSR count). The fourth-order valence-electron chi connectivity index (χ4n) is 2.80. The predicted molar refractivity (Wildman–Crippen MR) is 99.3 cm³/mol. The van der Waals surface area contributed by atoms with Gasteiger partial charge in [0.05, 0.1) is 17.8 Å². The molecule has 4 aromatic rings. The summed E-state index contributed by atoms with van der Waals surface area (Å²) in [4.78, 5) is 13.3. The Hall–Kier alpha value is -2.92. The van der Waals surface area contributed by atoms with Crippen LogP contribution in [0.25, 0.3) is 21.4 Å². The SMILES string of the molecule is O=C(Cc1cccc2ccccc12)NCc1cc(-c2cccs2)on1. The van der Waals surface area contributed by atoms with E-state index in [0.717, 1.165) is 32.7 Å². The molecule has 2 aromatic heterocycles. The van der Waals surface area contributed by atoms with Gasteiger partial charge in [0.15, 0.2) is 5.76 Å². The average molecular weight is 348 g/mol. The van der Waals surface area contributed by atoms with E-state index in [1.54, 1.807) is 11.3 Å². The predicted octanol–water partition coefficient (Wildman–Crippen LogP) is 4.42. The zero-order valence-electron chi connectivity index (χ0n) is 13.4. The zero-order valence-corrected chi connectivity index (χ0v) is 14.3. The van der Waals surface area contributed by atoms with Gasteiger partial charge in [-0.3, -0.25) is 4.79 Å². The van der Waals surface area contributed by atoms with E-state index in [0.29, 0.717) is 13.0 Å². The Morgan fingerprint density at radius 1 is 1.08 bits per heavy atom. The summed E-state index contributed by atoms with van der Waals surface area (Å²) in [5, 5.41) is 11.2. The molecule has 0 fully saturated rings. The Morgan fingerprint density at radius 3 is 2.84 bits per heavy atom. The van der Waals surface area contributed by atoms with E-state index in [-0.39, 0.29) is 5.91 Å². The smallest absolute Gasteiger partial charge is 0.224 e. The Morgan fingerprint density at radius 2 is 1.96 bits per heavy atom. The minimum absolute atomic E-state index is 0.0305. The van der Waals surface area contributed by atoms with Crippen LogP contribution >= 0.6 is 11.3 Å². The minimum Gasteiger partial charge on any atom is -0.355 e. The summed E-state index contributed by atoms with van der Waals surface area (Å²) in [6.45, 7) is 0.360. The summed E-state index contributed by atoms with van der Waals surface area (Å²) in [5.74, 6) is 0.699. The molecule has 1 N–H and O–H groups in total. The summed E-state index contributed by atoms with van der Waals surface area (Å²) in [6, 6.07) is 19.9. The monoisotopic (exact) mass is 348 g/mol. The van der Waals surface area contributed by atoms with Crippen molar-refractivity contribution in [3.63, 3.8) is 0 Å². The number of benzene rings is 2. The molecule has 0 bridgehead atoms. The molecular formula is C20H16N2O2S. The highest BCUT2D eigenvalue weighted by atomic mass is 32.1. The van der Waals surface area contributed by atoms with Crippen molar-refractivity contribution in [2.75, 3.05) is 0 Å². The van der Waals surface area contributed by atoms with Crippen LogP contribution in [-0.4, -0.2) is 11.1 Å². The van der Waals surface area contributed by atoms with Gasteiger partial charge in [-0.25, -0.2) is 0 Å². The van der Waals surface area contributed by atoms with Gasteiger partial charge >= 0.3 is 0 Å². The summed E-state index contributed by atoms with van der Waals surface area (Å²) >= 11 is 1.60. The molecular weight excluding hydrogens is 332 g/mol. The second-order valence-corrected chi connectivity index (χ2v) is 6.70. The number of rotatable bonds is 5. The maximum absolute atomic E-state index is 12.3. The van der Waals surface area contributed by atoms with Crippen LogP contribution in [0.2, 0.25) is 0 Å². The lowest BCUT2D eigenvalue weighted by Gasteiger charge is -2.07. The molecule has 0 spiro atoms. The van der Waals surface area contributed by atoms with Crippen molar-refractivity contribution < 1.29 is 9.32 Å². The molecule has 0 atom stereocenters. The van der Waals surface area contributed by atoms with E-state index in [1.807, 2.05) is 53.9 Å². The number of carbonyl (C=O) groups is 1. The highest BCUT2D eigenvalue weighted by molar-refractivity contribution is 7.13. The molecule has 0 aliphatic rings. The molecule has 1 amide bonds. The second kappa shape index (κ2) is 6.91. The standard InChI is InChI=1S/C20H16N2O2S/c23-20(11-15-7-3-6-14-5-1-2-8-17(14)15)21-13-16-12-18(24-22-16)19-9-4-10-25-19/h1-10,12H,11,13H2,(H,21,23). The largest absolute Gasteiger partial charge is 0.355 e. The van der Waals surface area contributed by atoms with Crippen molar-refractivity contribution in [2.45, 2.75) is 13.0 Å². The van der Waals surface area contributed by atoms with Crippen molar-refractivity contribution >= 4 is 28.0 Å². The van der Waals surface area contributed by atoms with Gasteiger partial charge in [-0.1, -0.05) is 53.7 Å². The molecule has 0 saturated heterocycles. The maximum Gasteiger partial charge on any atom is 0.224 e. The van der Waals surface area contributed by atoms with E-state index >= 15 is 0 Å². The van der Waals surface area contributed by atoms with Crippen molar-refractivity contribution in [2.24, 2.45) is 0 Å². The molecule has 4 nitrogen and oxygen atoms in total. The van der Waals surface area contributed by atoms with Crippen LogP contribution in [0.15, 0.2) is 70.6 Å². The summed E-state index contributed by atoms with van der Waals surface area (Å²) < 4.78 is 5.33. The van der Waals surface area contributed by atoms with Crippen LogP contribution in [0.4, 0.5) is 0 Å². The summed E-state index contributed by atoms with van der Waals surface area (Å²) in [7, 11) is 0. The lowest BCUT2D eigenvalue weighted by Crippen LogP contribution is -2.24. The van der Waals surface area contributed by atoms with Gasteiger partial charge in [0.1, 0.15) is 5.69 Å². The first kappa shape index (κ1) is 15.6. The minimum atomic E-state index is -0.0305. The van der Waals surface area contributed by atoms with Crippen LogP contribution in [0.1, 0.15) is 11.3 Å². The van der Waals surface area contributed by atoms with Crippen molar-refractivity contribution in [3.05, 3.63) is 77.3 Å². The normalized spacial score (nSPS) is 10.9.